The van der Waals surface area contributed by atoms with Gasteiger partial charge in [0.2, 0.25) is 5.95 Å². The van der Waals surface area contributed by atoms with E-state index in [1.165, 1.54) is 12.1 Å². The Balaban J connectivity index is 2.21. The Labute approximate surface area is 182 Å². The molecule has 0 radical (unpaired) electrons. The monoisotopic (exact) mass is 461 g/mol. The molecule has 0 spiro atoms. The molecular weight excluding hydrogens is 442 g/mol. The van der Waals surface area contributed by atoms with E-state index in [0.29, 0.717) is 15.5 Å². The number of hydrogen-bond donors (Lipinski definition) is 2. The summed E-state index contributed by atoms with van der Waals surface area (Å²) in [5, 5.41) is 17.9. The van der Waals surface area contributed by atoms with E-state index in [0.717, 1.165) is 12.1 Å². The topological polar surface area (TPSA) is 185 Å². The lowest BCUT2D eigenvalue weighted by Crippen LogP contribution is -2.19. The number of benzene rings is 1. The van der Waals surface area contributed by atoms with Crippen molar-refractivity contribution >= 4 is 39.3 Å². The number of anilines is 3. The van der Waals surface area contributed by atoms with E-state index in [1.54, 1.807) is 26.8 Å². The number of carbonyl (C=O) groups is 1. The van der Waals surface area contributed by atoms with Crippen LogP contribution in [0.25, 0.3) is 0 Å². The first-order chi connectivity index (χ1) is 15.1. The first-order valence-corrected chi connectivity index (χ1v) is 10.6. The largest absolute Gasteiger partial charge is 0.462 e. The number of carbonyl (C=O) groups excluding carboxylic acids is 1. The Morgan fingerprint density at radius 1 is 1.25 bits per heavy atom. The van der Waals surface area contributed by atoms with Gasteiger partial charge in [0.15, 0.2) is 16.5 Å². The van der Waals surface area contributed by atoms with E-state index < -0.39 is 37.3 Å². The van der Waals surface area contributed by atoms with Gasteiger partial charge in [-0.25, -0.2) is 14.8 Å². The molecule has 2 aromatic heterocycles. The number of nitro groups is 1. The third-order valence-electron chi connectivity index (χ3n) is 4.15. The lowest BCUT2D eigenvalue weighted by Gasteiger charge is -2.07. The van der Waals surface area contributed by atoms with Crippen LogP contribution >= 0.6 is 0 Å². The van der Waals surface area contributed by atoms with Crippen molar-refractivity contribution < 1.29 is 22.9 Å². The van der Waals surface area contributed by atoms with Crippen LogP contribution in [0.3, 0.4) is 0 Å². The number of aryl methyl sites for hydroxylation is 2. The second-order valence-corrected chi connectivity index (χ2v) is 8.24. The molecule has 0 aliphatic carbocycles. The van der Waals surface area contributed by atoms with Gasteiger partial charge in [-0.2, -0.15) is 8.42 Å². The van der Waals surface area contributed by atoms with E-state index in [-0.39, 0.29) is 23.9 Å². The number of ether oxygens (including phenoxy) is 1. The zero-order chi connectivity index (χ0) is 23.6. The fourth-order valence-corrected chi connectivity index (χ4v) is 4.28. The van der Waals surface area contributed by atoms with Crippen molar-refractivity contribution in [3.63, 3.8) is 0 Å². The van der Waals surface area contributed by atoms with Crippen molar-refractivity contribution in [2.75, 3.05) is 17.7 Å². The molecular formula is C18H19N7O6S. The molecule has 3 rings (SSSR count). The molecule has 3 N–H and O–H groups in total. The summed E-state index contributed by atoms with van der Waals surface area (Å²) in [4.78, 5) is 30.7. The molecule has 0 aliphatic heterocycles. The Hall–Kier alpha value is -4.07. The highest BCUT2D eigenvalue weighted by atomic mass is 32.2. The molecule has 2 heterocycles. The number of esters is 1. The quantitative estimate of drug-likeness (QED) is 0.297. The molecule has 0 saturated carbocycles. The molecule has 0 unspecified atom stereocenters. The molecule has 13 nitrogen and oxygen atoms in total. The average molecular weight is 461 g/mol. The normalized spacial score (nSPS) is 11.2. The van der Waals surface area contributed by atoms with Gasteiger partial charge in [-0.1, -0.05) is 12.1 Å². The number of para-hydroxylation sites is 1. The number of nitrogens with two attached hydrogens (primary N) is 1. The van der Waals surface area contributed by atoms with Gasteiger partial charge in [0.05, 0.1) is 11.5 Å². The predicted octanol–water partition coefficient (Wildman–Crippen LogP) is 1.94. The summed E-state index contributed by atoms with van der Waals surface area (Å²) < 4.78 is 31.7. The fraction of sp³-hybridized carbons (Fsp3) is 0.222. The maximum Gasteiger partial charge on any atom is 0.345 e. The Morgan fingerprint density at radius 3 is 2.47 bits per heavy atom. The van der Waals surface area contributed by atoms with E-state index in [4.69, 9.17) is 10.5 Å². The average Bonchev–Trinajstić information content (AvgIpc) is 3.04. The van der Waals surface area contributed by atoms with Crippen LogP contribution in [0, 0.1) is 24.0 Å². The Bertz CT molecular complexity index is 1300. The number of hydrogen-bond acceptors (Lipinski definition) is 11. The zero-order valence-corrected chi connectivity index (χ0v) is 18.1. The third kappa shape index (κ3) is 4.20. The molecule has 14 heteroatoms. The molecule has 0 amide bonds. The molecule has 0 saturated heterocycles. The summed E-state index contributed by atoms with van der Waals surface area (Å²) in [7, 11) is -4.65. The van der Waals surface area contributed by atoms with Crippen LogP contribution in [0.1, 0.15) is 28.7 Å². The van der Waals surface area contributed by atoms with Gasteiger partial charge >= 0.3 is 5.97 Å². The molecule has 3 aromatic rings. The minimum absolute atomic E-state index is 0.0140. The summed E-state index contributed by atoms with van der Waals surface area (Å²) in [5.74, 6) is -1.77. The van der Waals surface area contributed by atoms with Gasteiger partial charge in [0.25, 0.3) is 15.7 Å². The van der Waals surface area contributed by atoms with Crippen LogP contribution < -0.4 is 11.1 Å². The molecule has 0 bridgehead atoms. The first kappa shape index (κ1) is 22.6. The Kier molecular flexibility index (Phi) is 6.06. The SMILES string of the molecule is CCOC(=O)c1c(Nc2nc(C)cc(C)n2)nn(S(=O)(=O)c2ccccc2[N+](=O)[O-])c1N. The maximum atomic E-state index is 13.2. The van der Waals surface area contributed by atoms with Crippen LogP contribution in [-0.2, 0) is 14.8 Å². The van der Waals surface area contributed by atoms with Gasteiger partial charge in [-0.3, -0.25) is 10.1 Å². The maximum absolute atomic E-state index is 13.2. The fourth-order valence-electron chi connectivity index (χ4n) is 2.89. The first-order valence-electron chi connectivity index (χ1n) is 9.20. The van der Waals surface area contributed by atoms with Gasteiger partial charge in [-0.05, 0) is 32.9 Å². The van der Waals surface area contributed by atoms with E-state index >= 15 is 0 Å². The highest BCUT2D eigenvalue weighted by Gasteiger charge is 2.34. The van der Waals surface area contributed by atoms with E-state index in [9.17, 15) is 23.3 Å². The molecule has 0 aliphatic rings. The second kappa shape index (κ2) is 8.58. The van der Waals surface area contributed by atoms with Gasteiger partial charge in [0.1, 0.15) is 5.56 Å². The molecule has 0 atom stereocenters. The van der Waals surface area contributed by atoms with Gasteiger partial charge in [0, 0.05) is 17.5 Å². The highest BCUT2D eigenvalue weighted by molar-refractivity contribution is 7.90. The van der Waals surface area contributed by atoms with Crippen LogP contribution in [0.5, 0.6) is 0 Å². The molecule has 32 heavy (non-hydrogen) atoms. The summed E-state index contributed by atoms with van der Waals surface area (Å²) in [5.41, 5.74) is 6.13. The van der Waals surface area contributed by atoms with Crippen molar-refractivity contribution in [2.45, 2.75) is 25.7 Å². The smallest absolute Gasteiger partial charge is 0.345 e. The standard InChI is InChI=1S/C18H19N7O6S/c1-4-31-17(26)14-15(19)24(23-16(14)22-18-20-10(2)9-11(3)21-18)32(29,30)13-8-6-5-7-12(13)25(27)28/h5-9H,4,19H2,1-3H3,(H,20,21,22,23). The van der Waals surface area contributed by atoms with Crippen LogP contribution in [-0.4, -0.2) is 45.1 Å². The number of aromatic nitrogens is 4. The minimum atomic E-state index is -4.65. The zero-order valence-electron chi connectivity index (χ0n) is 17.3. The van der Waals surface area contributed by atoms with Crippen molar-refractivity contribution in [3.05, 3.63) is 57.4 Å². The Morgan fingerprint density at radius 2 is 1.88 bits per heavy atom. The van der Waals surface area contributed by atoms with Crippen molar-refractivity contribution in [1.29, 1.82) is 0 Å². The van der Waals surface area contributed by atoms with E-state index in [1.807, 2.05) is 0 Å². The summed E-state index contributed by atoms with van der Waals surface area (Å²) in [6.07, 6.45) is 0. The summed E-state index contributed by atoms with van der Waals surface area (Å²) in [6.45, 7) is 4.98. The van der Waals surface area contributed by atoms with Crippen LogP contribution in [0.2, 0.25) is 0 Å². The second-order valence-electron chi connectivity index (χ2n) is 6.50. The highest BCUT2D eigenvalue weighted by Crippen LogP contribution is 2.31. The number of nitrogens with one attached hydrogen (secondary N) is 1. The number of rotatable bonds is 7. The number of nitrogens with zero attached hydrogens (tertiary/aromatic N) is 5. The van der Waals surface area contributed by atoms with Crippen LogP contribution in [0.15, 0.2) is 35.2 Å². The van der Waals surface area contributed by atoms with E-state index in [2.05, 4.69) is 20.4 Å². The molecule has 0 fully saturated rings. The predicted molar refractivity (Wildman–Crippen MR) is 113 cm³/mol. The summed E-state index contributed by atoms with van der Waals surface area (Å²) in [6, 6.07) is 6.41. The summed E-state index contributed by atoms with van der Waals surface area (Å²) >= 11 is 0. The lowest BCUT2D eigenvalue weighted by molar-refractivity contribution is -0.387. The van der Waals surface area contributed by atoms with Crippen LogP contribution in [0.4, 0.5) is 23.3 Å². The molecule has 168 valence electrons. The third-order valence-corrected chi connectivity index (χ3v) is 5.78. The van der Waals surface area contributed by atoms with Crippen molar-refractivity contribution in [2.24, 2.45) is 0 Å². The van der Waals surface area contributed by atoms with Crippen molar-refractivity contribution in [1.82, 2.24) is 19.2 Å². The number of nitro benzene ring substituents is 1. The van der Waals surface area contributed by atoms with Crippen molar-refractivity contribution in [3.8, 4) is 0 Å². The van der Waals surface area contributed by atoms with Gasteiger partial charge in [-0.15, -0.1) is 9.19 Å². The van der Waals surface area contributed by atoms with Gasteiger partial charge < -0.3 is 15.8 Å². The minimum Gasteiger partial charge on any atom is -0.462 e. The molecule has 1 aromatic carbocycles. The lowest BCUT2D eigenvalue weighted by atomic mass is 10.3. The number of nitrogen functional groups attached to an aromatic ring is 1.